The molecule has 0 bridgehead atoms. The third kappa shape index (κ3) is 39.0. The van der Waals surface area contributed by atoms with E-state index in [1.54, 1.807) is 12.3 Å². The summed E-state index contributed by atoms with van der Waals surface area (Å²) >= 11 is 0. The second kappa shape index (κ2) is 39.2. The van der Waals surface area contributed by atoms with Crippen molar-refractivity contribution in [2.45, 2.75) is 154 Å². The molecule has 0 spiro atoms. The second-order valence-electron chi connectivity index (χ2n) is 13.0. The van der Waals surface area contributed by atoms with Crippen molar-refractivity contribution in [1.29, 1.82) is 0 Å². The Labute approximate surface area is 322 Å². The predicted octanol–water partition coefficient (Wildman–Crippen LogP) is 11.1. The minimum Gasteiger partial charge on any atom is -0.498 e. The van der Waals surface area contributed by atoms with Crippen molar-refractivity contribution in [2.75, 3.05) is 26.4 Å². The van der Waals surface area contributed by atoms with Gasteiger partial charge in [0.15, 0.2) is 6.10 Å². The lowest BCUT2D eigenvalue weighted by molar-refractivity contribution is -0.153. The number of phosphoric ester groups is 1. The first-order valence-corrected chi connectivity index (χ1v) is 21.7. The highest BCUT2D eigenvalue weighted by molar-refractivity contribution is 7.47. The van der Waals surface area contributed by atoms with Gasteiger partial charge in [-0.2, -0.15) is 0 Å². The minimum absolute atomic E-state index is 0.0365. The minimum atomic E-state index is -4.34. The molecule has 53 heavy (non-hydrogen) atoms. The summed E-state index contributed by atoms with van der Waals surface area (Å²) in [7, 11) is -4.34. The molecule has 3 unspecified atom stereocenters. The first kappa shape index (κ1) is 50.5. The number of aliphatic hydroxyl groups is 1. The molecule has 4 N–H and O–H groups in total. The van der Waals surface area contributed by atoms with Gasteiger partial charge in [-0.15, -0.1) is 0 Å². The van der Waals surface area contributed by atoms with Crippen molar-refractivity contribution in [3.05, 3.63) is 85.3 Å². The molecule has 0 radical (unpaired) electrons. The van der Waals surface area contributed by atoms with E-state index in [4.69, 9.17) is 24.3 Å². The Kier molecular flexibility index (Phi) is 37.3. The SMILES string of the molecule is CCC=CCC=CCC=CCC=CC=CC(O)CC=CCCC(=O)OC(COC=CCCCCCCCCCCCCCC)COP(=O)(O)OCCN. The summed E-state index contributed by atoms with van der Waals surface area (Å²) in [6, 6.07) is 0. The van der Waals surface area contributed by atoms with Crippen LogP contribution in [0.2, 0.25) is 0 Å². The number of hydrogen-bond acceptors (Lipinski definition) is 8. The lowest BCUT2D eigenvalue weighted by Gasteiger charge is -2.19. The quantitative estimate of drug-likeness (QED) is 0.0141. The van der Waals surface area contributed by atoms with Gasteiger partial charge in [0.05, 0.1) is 25.6 Å². The van der Waals surface area contributed by atoms with Gasteiger partial charge in [-0.25, -0.2) is 4.57 Å². The first-order valence-electron chi connectivity index (χ1n) is 20.2. The van der Waals surface area contributed by atoms with Crippen LogP contribution >= 0.6 is 7.82 Å². The molecule has 0 aliphatic rings. The van der Waals surface area contributed by atoms with Crippen molar-refractivity contribution in [2.24, 2.45) is 5.73 Å². The van der Waals surface area contributed by atoms with Crippen molar-refractivity contribution < 1.29 is 37.9 Å². The summed E-state index contributed by atoms with van der Waals surface area (Å²) in [6.07, 6.45) is 47.2. The van der Waals surface area contributed by atoms with E-state index in [0.29, 0.717) is 12.8 Å². The third-order valence-corrected chi connectivity index (χ3v) is 8.97. The molecule has 0 aromatic heterocycles. The molecule has 304 valence electrons. The van der Waals surface area contributed by atoms with E-state index in [-0.39, 0.29) is 32.8 Å². The Hall–Kier alpha value is -2.52. The van der Waals surface area contributed by atoms with E-state index in [1.807, 2.05) is 36.5 Å². The average molecular weight is 764 g/mol. The largest absolute Gasteiger partial charge is 0.498 e. The van der Waals surface area contributed by atoms with Gasteiger partial charge in [0.2, 0.25) is 0 Å². The van der Waals surface area contributed by atoms with Gasteiger partial charge in [-0.1, -0.05) is 157 Å². The first-order chi connectivity index (χ1) is 25.8. The van der Waals surface area contributed by atoms with Crippen LogP contribution in [0.25, 0.3) is 0 Å². The summed E-state index contributed by atoms with van der Waals surface area (Å²) in [5.41, 5.74) is 5.34. The van der Waals surface area contributed by atoms with Gasteiger partial charge < -0.3 is 25.2 Å². The molecule has 3 atom stereocenters. The fourth-order valence-electron chi connectivity index (χ4n) is 5.01. The number of nitrogens with two attached hydrogens (primary N) is 1. The molecule has 0 saturated heterocycles. The number of esters is 1. The van der Waals surface area contributed by atoms with Crippen LogP contribution in [-0.4, -0.2) is 54.5 Å². The molecular formula is C43H74NO8P. The molecule has 9 nitrogen and oxygen atoms in total. The summed E-state index contributed by atoms with van der Waals surface area (Å²) in [5, 5.41) is 10.2. The zero-order chi connectivity index (χ0) is 38.9. The number of aliphatic hydroxyl groups excluding tert-OH is 1. The zero-order valence-electron chi connectivity index (χ0n) is 33.1. The fourth-order valence-corrected chi connectivity index (χ4v) is 5.78. The van der Waals surface area contributed by atoms with Crippen LogP contribution in [0.1, 0.15) is 142 Å². The fraction of sp³-hybridized carbons (Fsp3) is 0.651. The van der Waals surface area contributed by atoms with Gasteiger partial charge >= 0.3 is 13.8 Å². The molecule has 10 heteroatoms. The number of rotatable bonds is 37. The molecule has 0 aliphatic heterocycles. The van der Waals surface area contributed by atoms with Crippen molar-refractivity contribution in [1.82, 2.24) is 0 Å². The molecule has 0 aliphatic carbocycles. The van der Waals surface area contributed by atoms with Crippen LogP contribution in [0.4, 0.5) is 0 Å². The Morgan fingerprint density at radius 1 is 0.698 bits per heavy atom. The smallest absolute Gasteiger partial charge is 0.472 e. The van der Waals surface area contributed by atoms with E-state index in [2.05, 4.69) is 50.3 Å². The summed E-state index contributed by atoms with van der Waals surface area (Å²) in [5.74, 6) is -0.497. The van der Waals surface area contributed by atoms with Crippen LogP contribution in [0.3, 0.4) is 0 Å². The number of unbranched alkanes of at least 4 members (excludes halogenated alkanes) is 12. The molecule has 0 amide bonds. The van der Waals surface area contributed by atoms with Crippen molar-refractivity contribution >= 4 is 13.8 Å². The second-order valence-corrected chi connectivity index (χ2v) is 14.5. The topological polar surface area (TPSA) is 138 Å². The van der Waals surface area contributed by atoms with Gasteiger partial charge in [0, 0.05) is 13.0 Å². The molecule has 0 saturated carbocycles. The van der Waals surface area contributed by atoms with Gasteiger partial charge in [-0.05, 0) is 57.4 Å². The van der Waals surface area contributed by atoms with Gasteiger partial charge in [0.1, 0.15) is 6.61 Å². The number of allylic oxidation sites excluding steroid dienone is 11. The van der Waals surface area contributed by atoms with E-state index < -0.39 is 26.0 Å². The maximum Gasteiger partial charge on any atom is 0.472 e. The molecule has 0 aromatic rings. The van der Waals surface area contributed by atoms with Crippen LogP contribution in [-0.2, 0) is 27.9 Å². The highest BCUT2D eigenvalue weighted by atomic mass is 31.2. The molecule has 0 fully saturated rings. The number of hydrogen-bond donors (Lipinski definition) is 3. The molecule has 0 rings (SSSR count). The molecule has 0 heterocycles. The van der Waals surface area contributed by atoms with E-state index >= 15 is 0 Å². The standard InChI is InChI=1S/C43H74NO8P/c1-3-5-7-9-11-13-15-17-19-21-23-25-27-32-37-49-39-42(40-51-53(47,48)50-38-36-44)52-43(46)35-31-28-30-34-41(45)33-29-26-24-22-20-18-16-14-12-10-8-6-4-2/h6,8,12,14,18,20,24,26,28-30,32-33,37,41-42,45H,3-5,7,9-11,13,15-17,19,21-23,25,27,31,34-36,38-40,44H2,1-2H3,(H,47,48). The van der Waals surface area contributed by atoms with Crippen LogP contribution in [0.15, 0.2) is 85.3 Å². The van der Waals surface area contributed by atoms with E-state index in [1.165, 1.54) is 70.6 Å². The van der Waals surface area contributed by atoms with Crippen molar-refractivity contribution in [3.8, 4) is 0 Å². The van der Waals surface area contributed by atoms with Crippen molar-refractivity contribution in [3.63, 3.8) is 0 Å². The van der Waals surface area contributed by atoms with Crippen LogP contribution in [0.5, 0.6) is 0 Å². The highest BCUT2D eigenvalue weighted by Crippen LogP contribution is 2.43. The highest BCUT2D eigenvalue weighted by Gasteiger charge is 2.25. The number of phosphoric acid groups is 1. The van der Waals surface area contributed by atoms with Gasteiger partial charge in [-0.3, -0.25) is 13.8 Å². The Morgan fingerprint density at radius 2 is 1.30 bits per heavy atom. The molecular weight excluding hydrogens is 689 g/mol. The normalized spacial score (nSPS) is 15.0. The summed E-state index contributed by atoms with van der Waals surface area (Å²) < 4.78 is 32.9. The Bertz CT molecular complexity index is 1100. The number of carbonyl (C=O) groups is 1. The lowest BCUT2D eigenvalue weighted by Crippen LogP contribution is -2.27. The number of carbonyl (C=O) groups excluding carboxylic acids is 1. The maximum absolute atomic E-state index is 12.5. The monoisotopic (exact) mass is 764 g/mol. The maximum atomic E-state index is 12.5. The third-order valence-electron chi connectivity index (χ3n) is 7.98. The Balaban J connectivity index is 4.38. The molecule has 0 aromatic carbocycles. The number of ether oxygens (including phenoxy) is 2. The van der Waals surface area contributed by atoms with E-state index in [9.17, 15) is 19.4 Å². The van der Waals surface area contributed by atoms with E-state index in [0.717, 1.165) is 38.5 Å². The summed E-state index contributed by atoms with van der Waals surface area (Å²) in [4.78, 5) is 22.4. The van der Waals surface area contributed by atoms with Crippen LogP contribution in [0, 0.1) is 0 Å². The Morgan fingerprint density at radius 3 is 1.92 bits per heavy atom. The van der Waals surface area contributed by atoms with Crippen LogP contribution < -0.4 is 5.73 Å². The zero-order valence-corrected chi connectivity index (χ0v) is 34.0. The average Bonchev–Trinajstić information content (AvgIpc) is 3.14. The van der Waals surface area contributed by atoms with Gasteiger partial charge in [0.25, 0.3) is 0 Å². The predicted molar refractivity (Wildman–Crippen MR) is 220 cm³/mol. The summed E-state index contributed by atoms with van der Waals surface area (Å²) in [6.45, 7) is 3.89. The lowest BCUT2D eigenvalue weighted by atomic mass is 10.0.